The fourth-order valence-corrected chi connectivity index (χ4v) is 10.1. The maximum atomic E-state index is 13.8. The molecule has 2 saturated heterocycles. The van der Waals surface area contributed by atoms with E-state index in [1.807, 2.05) is 0 Å². The smallest absolute Gasteiger partial charge is 0.463 e. The number of phosphoric ester groups is 1. The highest BCUT2D eigenvalue weighted by atomic mass is 31.2. The topological polar surface area (TPSA) is 302 Å². The first-order chi connectivity index (χ1) is 36.6. The van der Waals surface area contributed by atoms with E-state index in [9.17, 15) is 54.5 Å². The summed E-state index contributed by atoms with van der Waals surface area (Å²) in [6.07, 6.45) is 12.5. The number of aliphatic hydroxyl groups is 6. The third kappa shape index (κ3) is 31.2. The fourth-order valence-electron chi connectivity index (χ4n) is 9.16. The molecule has 0 aromatic heterocycles. The molecule has 0 radical (unpaired) electrons. The van der Waals surface area contributed by atoms with Crippen LogP contribution >= 0.6 is 7.82 Å². The van der Waals surface area contributed by atoms with Gasteiger partial charge in [0.2, 0.25) is 0 Å². The molecule has 0 spiro atoms. The van der Waals surface area contributed by atoms with E-state index in [0.717, 1.165) is 58.8 Å². The van der Waals surface area contributed by atoms with Gasteiger partial charge in [0.15, 0.2) is 24.8 Å². The second-order valence-corrected chi connectivity index (χ2v) is 21.9. The minimum absolute atomic E-state index is 0.198. The van der Waals surface area contributed by atoms with Gasteiger partial charge < -0.3 is 73.4 Å². The van der Waals surface area contributed by atoms with Crippen molar-refractivity contribution in [1.29, 1.82) is 0 Å². The number of aliphatic hydroxyl groups excluding tert-OH is 6. The molecular formula is C54H101O21P. The van der Waals surface area contributed by atoms with Crippen LogP contribution in [-0.2, 0) is 65.9 Å². The summed E-state index contributed by atoms with van der Waals surface area (Å²) in [5.74, 6) is -2.23. The highest BCUT2D eigenvalue weighted by Crippen LogP contribution is 2.45. The van der Waals surface area contributed by atoms with Crippen molar-refractivity contribution in [3.05, 3.63) is 0 Å². The quantitative estimate of drug-likeness (QED) is 0.0138. The van der Waals surface area contributed by atoms with Gasteiger partial charge in [0.05, 0.1) is 33.0 Å². The Balaban J connectivity index is 2.10. The highest BCUT2D eigenvalue weighted by Gasteiger charge is 2.49. The standard InChI is InChI=1S/C54H101O21P/c1-5-7-9-11-13-15-17-19-21-23-25-27-29-31-33-66-42(36-67-46(59)32-30-28-26-24-22-20-18-16-14-12-10-8-6-2)39-70-76(64,65)75-43(37-68-53-51(71-40(3)57)49(62)47(60)44(34-55)73-53)38-69-54-52(72-41(4)58)50(63)48(61)45(35-56)74-54/h42-45,47-56,60-63H,5-39H2,1-4H3,(H,64,65)/t42-,44-,45-,47-,48-,49+,50+,51+,52+,53+,54+/m1/s1. The van der Waals surface area contributed by atoms with E-state index in [2.05, 4.69) is 13.8 Å². The lowest BCUT2D eigenvalue weighted by Crippen LogP contribution is -2.61. The predicted molar refractivity (Wildman–Crippen MR) is 281 cm³/mol. The summed E-state index contributed by atoms with van der Waals surface area (Å²) < 4.78 is 69.3. The highest BCUT2D eigenvalue weighted by molar-refractivity contribution is 7.47. The van der Waals surface area contributed by atoms with E-state index < -0.39 is 132 Å². The second-order valence-electron chi connectivity index (χ2n) is 20.5. The second kappa shape index (κ2) is 42.9. The van der Waals surface area contributed by atoms with Crippen LogP contribution in [0.25, 0.3) is 0 Å². The summed E-state index contributed by atoms with van der Waals surface area (Å²) >= 11 is 0. The van der Waals surface area contributed by atoms with E-state index in [4.69, 9.17) is 46.9 Å². The first-order valence-corrected chi connectivity index (χ1v) is 30.3. The number of rotatable bonds is 47. The molecule has 0 saturated carbocycles. The Morgan fingerprint density at radius 3 is 1.24 bits per heavy atom. The number of ether oxygens (including phenoxy) is 8. The monoisotopic (exact) mass is 1120 g/mol. The van der Waals surface area contributed by atoms with E-state index in [1.54, 1.807) is 0 Å². The van der Waals surface area contributed by atoms with Crippen LogP contribution in [-0.4, -0.2) is 173 Å². The van der Waals surface area contributed by atoms with Crippen LogP contribution in [0.5, 0.6) is 0 Å². The lowest BCUT2D eigenvalue weighted by Gasteiger charge is -2.42. The van der Waals surface area contributed by atoms with Gasteiger partial charge in [-0.25, -0.2) is 4.57 Å². The van der Waals surface area contributed by atoms with Crippen molar-refractivity contribution < 1.29 is 101 Å². The summed E-state index contributed by atoms with van der Waals surface area (Å²) in [6, 6.07) is 0. The van der Waals surface area contributed by atoms with Crippen molar-refractivity contribution in [2.45, 2.75) is 281 Å². The molecule has 0 aromatic carbocycles. The van der Waals surface area contributed by atoms with Crippen molar-refractivity contribution >= 4 is 25.7 Å². The third-order valence-corrected chi connectivity index (χ3v) is 14.7. The molecule has 2 rings (SSSR count). The van der Waals surface area contributed by atoms with Gasteiger partial charge in [-0.05, 0) is 12.8 Å². The summed E-state index contributed by atoms with van der Waals surface area (Å²) in [5, 5.41) is 62.1. The molecule has 2 aliphatic heterocycles. The molecule has 0 amide bonds. The van der Waals surface area contributed by atoms with Gasteiger partial charge in [-0.3, -0.25) is 23.4 Å². The Bertz CT molecular complexity index is 1480. The zero-order valence-corrected chi connectivity index (χ0v) is 47.4. The van der Waals surface area contributed by atoms with Crippen molar-refractivity contribution in [2.75, 3.05) is 46.2 Å². The normalized spacial score (nSPS) is 25.1. The Kier molecular flexibility index (Phi) is 39.6. The molecule has 0 bridgehead atoms. The van der Waals surface area contributed by atoms with Crippen LogP contribution in [0.3, 0.4) is 0 Å². The Morgan fingerprint density at radius 1 is 0.500 bits per heavy atom. The number of esters is 3. The number of carbonyl (C=O) groups excluding carboxylic acids is 3. The number of hydrogen-bond donors (Lipinski definition) is 7. The number of unbranched alkanes of at least 4 members (excludes halogenated alkanes) is 25. The Morgan fingerprint density at radius 2 is 0.868 bits per heavy atom. The predicted octanol–water partition coefficient (Wildman–Crippen LogP) is 7.15. The van der Waals surface area contributed by atoms with Crippen molar-refractivity contribution in [3.63, 3.8) is 0 Å². The largest absolute Gasteiger partial charge is 0.472 e. The molecule has 448 valence electrons. The Hall–Kier alpha value is -1.92. The molecule has 76 heavy (non-hydrogen) atoms. The first-order valence-electron chi connectivity index (χ1n) is 28.8. The molecule has 0 aromatic rings. The maximum Gasteiger partial charge on any atom is 0.472 e. The van der Waals surface area contributed by atoms with Crippen molar-refractivity contribution in [1.82, 2.24) is 0 Å². The molecule has 12 atom stereocenters. The molecule has 21 nitrogen and oxygen atoms in total. The number of carbonyl (C=O) groups is 3. The van der Waals surface area contributed by atoms with E-state index in [1.165, 1.54) is 116 Å². The van der Waals surface area contributed by atoms with Gasteiger partial charge in [-0.1, -0.05) is 174 Å². The fraction of sp³-hybridized carbons (Fsp3) is 0.944. The minimum Gasteiger partial charge on any atom is -0.463 e. The van der Waals surface area contributed by atoms with Crippen LogP contribution < -0.4 is 0 Å². The minimum atomic E-state index is -5.16. The zero-order chi connectivity index (χ0) is 56.0. The molecule has 2 aliphatic rings. The molecule has 1 unspecified atom stereocenters. The van der Waals surface area contributed by atoms with Gasteiger partial charge in [0.1, 0.15) is 55.4 Å². The Labute approximate surface area is 453 Å². The van der Waals surface area contributed by atoms with Crippen molar-refractivity contribution in [2.24, 2.45) is 0 Å². The summed E-state index contributed by atoms with van der Waals surface area (Å²) in [7, 11) is -5.16. The lowest BCUT2D eigenvalue weighted by atomic mass is 9.99. The molecule has 2 heterocycles. The van der Waals surface area contributed by atoms with Gasteiger partial charge in [-0.15, -0.1) is 0 Å². The lowest BCUT2D eigenvalue weighted by molar-refractivity contribution is -0.316. The molecule has 0 aliphatic carbocycles. The average Bonchev–Trinajstić information content (AvgIpc) is 3.38. The van der Waals surface area contributed by atoms with Gasteiger partial charge >= 0.3 is 25.7 Å². The van der Waals surface area contributed by atoms with Crippen LogP contribution in [0.15, 0.2) is 0 Å². The van der Waals surface area contributed by atoms with Crippen LogP contribution in [0, 0.1) is 0 Å². The van der Waals surface area contributed by atoms with Gasteiger partial charge in [0.25, 0.3) is 0 Å². The zero-order valence-electron chi connectivity index (χ0n) is 46.5. The maximum absolute atomic E-state index is 13.8. The average molecular weight is 1120 g/mol. The van der Waals surface area contributed by atoms with E-state index in [-0.39, 0.29) is 19.6 Å². The SMILES string of the molecule is CCCCCCCCCCCCCCCCO[C@H](COC(=O)CCCCCCCCCCCCCCC)COP(=O)(O)OC(CO[C@H]1O[C@H](CO)[C@@H](O)[C@H](O)[C@@H]1OC(C)=O)CO[C@H]1O[C@H](CO)[C@@H](O)[C@H](O)[C@@H]1OC(C)=O. The molecule has 2 fully saturated rings. The first kappa shape index (κ1) is 70.2. The number of phosphoric acid groups is 1. The van der Waals surface area contributed by atoms with E-state index in [0.29, 0.717) is 12.8 Å². The molecule has 7 N–H and O–H groups in total. The molecule has 22 heteroatoms. The summed E-state index contributed by atoms with van der Waals surface area (Å²) in [4.78, 5) is 48.0. The van der Waals surface area contributed by atoms with E-state index >= 15 is 0 Å². The number of hydrogen-bond acceptors (Lipinski definition) is 20. The van der Waals surface area contributed by atoms with Gasteiger partial charge in [0, 0.05) is 26.9 Å². The van der Waals surface area contributed by atoms with Crippen LogP contribution in [0.2, 0.25) is 0 Å². The van der Waals surface area contributed by atoms with Crippen molar-refractivity contribution in [3.8, 4) is 0 Å². The van der Waals surface area contributed by atoms with Gasteiger partial charge in [-0.2, -0.15) is 0 Å². The third-order valence-electron chi connectivity index (χ3n) is 13.6. The summed E-state index contributed by atoms with van der Waals surface area (Å²) in [5.41, 5.74) is 0. The van der Waals surface area contributed by atoms with Crippen LogP contribution in [0.4, 0.5) is 0 Å². The van der Waals surface area contributed by atoms with Crippen LogP contribution in [0.1, 0.15) is 207 Å². The molecular weight excluding hydrogens is 1020 g/mol. The summed E-state index contributed by atoms with van der Waals surface area (Å²) in [6.45, 7) is 2.79.